The van der Waals surface area contributed by atoms with Gasteiger partial charge in [-0.2, -0.15) is 0 Å². The number of benzene rings is 2. The molecule has 2 aromatic rings. The molecule has 0 aromatic heterocycles. The summed E-state index contributed by atoms with van der Waals surface area (Å²) >= 11 is 5.84. The molecular weight excluding hydrogens is 225 g/mol. The predicted octanol–water partition coefficient (Wildman–Crippen LogP) is 3.53. The first-order valence-corrected chi connectivity index (χ1v) is 5.67. The normalized spacial score (nSPS) is 17.6. The van der Waals surface area contributed by atoms with Gasteiger partial charge >= 0.3 is 0 Å². The van der Waals surface area contributed by atoms with Gasteiger partial charge in [-0.05, 0) is 40.2 Å². The maximum absolute atomic E-state index is 13.1. The van der Waals surface area contributed by atoms with Crippen LogP contribution in [0.4, 0.5) is 4.39 Å². The third kappa shape index (κ3) is 1.58. The summed E-state index contributed by atoms with van der Waals surface area (Å²) in [5.41, 5.74) is 1.27. The molecule has 82 valence electrons. The number of rotatable bonds is 1. The lowest BCUT2D eigenvalue weighted by molar-refractivity contribution is 0.279. The molecule has 0 bridgehead atoms. The Kier molecular flexibility index (Phi) is 2.34. The predicted molar refractivity (Wildman–Crippen MR) is 64.1 cm³/mol. The summed E-state index contributed by atoms with van der Waals surface area (Å²) < 4.78 is 14.9. The number of hydrogen-bond acceptors (Lipinski definition) is 1. The second-order valence-electron chi connectivity index (χ2n) is 4.24. The Morgan fingerprint density at radius 3 is 2.75 bits per heavy atom. The number of fused-ring (bicyclic) bond motifs is 1. The molecule has 1 saturated heterocycles. The van der Waals surface area contributed by atoms with Gasteiger partial charge in [0.05, 0.1) is 0 Å². The molecule has 0 aliphatic carbocycles. The van der Waals surface area contributed by atoms with Crippen molar-refractivity contribution in [2.45, 2.75) is 5.92 Å². The van der Waals surface area contributed by atoms with E-state index in [1.165, 1.54) is 11.6 Å². The van der Waals surface area contributed by atoms with Crippen molar-refractivity contribution in [3.8, 4) is 0 Å². The van der Waals surface area contributed by atoms with Gasteiger partial charge in [0.25, 0.3) is 0 Å². The zero-order chi connectivity index (χ0) is 11.1. The highest BCUT2D eigenvalue weighted by Gasteiger charge is 2.27. The van der Waals surface area contributed by atoms with Crippen molar-refractivity contribution < 1.29 is 4.39 Å². The summed E-state index contributed by atoms with van der Waals surface area (Å²) in [4.78, 5) is 0. The highest BCUT2D eigenvalue weighted by molar-refractivity contribution is 6.14. The first-order chi connectivity index (χ1) is 7.74. The summed E-state index contributed by atoms with van der Waals surface area (Å²) in [6, 6.07) is 11.0. The van der Waals surface area contributed by atoms with E-state index < -0.39 is 0 Å². The standard InChI is InChI=1S/C13H11ClFN/c14-16-7-10(8-16)12-3-1-2-9-6-11(15)4-5-13(9)12/h1-6,10H,7-8H2. The fourth-order valence-corrected chi connectivity index (χ4v) is 2.59. The Hall–Kier alpha value is -1.12. The average molecular weight is 236 g/mol. The second-order valence-corrected chi connectivity index (χ2v) is 4.72. The Labute approximate surface area is 98.5 Å². The minimum atomic E-state index is -0.183. The van der Waals surface area contributed by atoms with Gasteiger partial charge in [-0.1, -0.05) is 24.3 Å². The van der Waals surface area contributed by atoms with E-state index in [0.717, 1.165) is 23.9 Å². The van der Waals surface area contributed by atoms with E-state index in [1.54, 1.807) is 10.5 Å². The summed E-state index contributed by atoms with van der Waals surface area (Å²) in [7, 11) is 0. The van der Waals surface area contributed by atoms with Crippen molar-refractivity contribution in [3.63, 3.8) is 0 Å². The van der Waals surface area contributed by atoms with Crippen molar-refractivity contribution in [1.29, 1.82) is 0 Å². The second kappa shape index (κ2) is 3.72. The molecule has 0 radical (unpaired) electrons. The fourth-order valence-electron chi connectivity index (χ4n) is 2.26. The van der Waals surface area contributed by atoms with Crippen molar-refractivity contribution in [3.05, 3.63) is 47.8 Å². The van der Waals surface area contributed by atoms with Crippen LogP contribution in [0.15, 0.2) is 36.4 Å². The molecule has 1 aliphatic rings. The third-order valence-corrected chi connectivity index (χ3v) is 3.43. The summed E-state index contributed by atoms with van der Waals surface area (Å²) in [5, 5.41) is 2.10. The topological polar surface area (TPSA) is 3.24 Å². The summed E-state index contributed by atoms with van der Waals surface area (Å²) in [6.07, 6.45) is 0. The zero-order valence-electron chi connectivity index (χ0n) is 8.66. The molecule has 0 N–H and O–H groups in total. The fraction of sp³-hybridized carbons (Fsp3) is 0.231. The maximum Gasteiger partial charge on any atom is 0.123 e. The van der Waals surface area contributed by atoms with E-state index in [4.69, 9.17) is 11.8 Å². The Morgan fingerprint density at radius 2 is 2.00 bits per heavy atom. The Morgan fingerprint density at radius 1 is 1.19 bits per heavy atom. The van der Waals surface area contributed by atoms with Crippen LogP contribution in [0.25, 0.3) is 10.8 Å². The largest absolute Gasteiger partial charge is 0.219 e. The molecule has 0 unspecified atom stereocenters. The van der Waals surface area contributed by atoms with Crippen LogP contribution in [0.1, 0.15) is 11.5 Å². The van der Waals surface area contributed by atoms with Crippen molar-refractivity contribution in [2.75, 3.05) is 13.1 Å². The van der Waals surface area contributed by atoms with Gasteiger partial charge in [-0.3, -0.25) is 0 Å². The molecule has 0 saturated carbocycles. The number of halogens is 2. The summed E-state index contributed by atoms with van der Waals surface area (Å²) in [5.74, 6) is 0.295. The molecular formula is C13H11ClFN. The van der Waals surface area contributed by atoms with Gasteiger partial charge in [0.15, 0.2) is 0 Å². The highest BCUT2D eigenvalue weighted by Crippen LogP contribution is 2.33. The molecule has 16 heavy (non-hydrogen) atoms. The Balaban J connectivity index is 2.11. The van der Waals surface area contributed by atoms with E-state index in [9.17, 15) is 4.39 Å². The van der Waals surface area contributed by atoms with Crippen LogP contribution in [0.2, 0.25) is 0 Å². The first kappa shape index (κ1) is 10.1. The minimum absolute atomic E-state index is 0.183. The Bertz CT molecular complexity index is 534. The van der Waals surface area contributed by atoms with Crippen molar-refractivity contribution in [2.24, 2.45) is 0 Å². The smallest absolute Gasteiger partial charge is 0.123 e. The molecule has 3 heteroatoms. The van der Waals surface area contributed by atoms with Gasteiger partial charge in [0, 0.05) is 19.0 Å². The van der Waals surface area contributed by atoms with E-state index in [1.807, 2.05) is 18.2 Å². The number of hydrogen-bond donors (Lipinski definition) is 0. The molecule has 1 aliphatic heterocycles. The minimum Gasteiger partial charge on any atom is -0.219 e. The molecule has 1 nitrogen and oxygen atoms in total. The SMILES string of the molecule is Fc1ccc2c(C3CN(Cl)C3)cccc2c1. The highest BCUT2D eigenvalue weighted by atomic mass is 35.5. The van der Waals surface area contributed by atoms with Crippen LogP contribution in [0, 0.1) is 5.82 Å². The average Bonchev–Trinajstić information content (AvgIpc) is 2.24. The molecule has 1 fully saturated rings. The van der Waals surface area contributed by atoms with Crippen LogP contribution in [0.3, 0.4) is 0 Å². The van der Waals surface area contributed by atoms with E-state index in [0.29, 0.717) is 5.92 Å². The third-order valence-electron chi connectivity index (χ3n) is 3.15. The first-order valence-electron chi connectivity index (χ1n) is 5.33. The van der Waals surface area contributed by atoms with Gasteiger partial charge in [-0.15, -0.1) is 0 Å². The van der Waals surface area contributed by atoms with Gasteiger partial charge < -0.3 is 0 Å². The van der Waals surface area contributed by atoms with Crippen LogP contribution in [-0.4, -0.2) is 17.5 Å². The van der Waals surface area contributed by atoms with Crippen LogP contribution in [-0.2, 0) is 0 Å². The van der Waals surface area contributed by atoms with Crippen LogP contribution >= 0.6 is 11.8 Å². The van der Waals surface area contributed by atoms with E-state index >= 15 is 0 Å². The van der Waals surface area contributed by atoms with Gasteiger partial charge in [0.1, 0.15) is 5.82 Å². The van der Waals surface area contributed by atoms with Gasteiger partial charge in [0.2, 0.25) is 0 Å². The summed E-state index contributed by atoms with van der Waals surface area (Å²) in [6.45, 7) is 1.75. The molecule has 3 rings (SSSR count). The maximum atomic E-state index is 13.1. The molecule has 0 amide bonds. The monoisotopic (exact) mass is 235 g/mol. The lowest BCUT2D eigenvalue weighted by atomic mass is 9.89. The lowest BCUT2D eigenvalue weighted by Crippen LogP contribution is -2.38. The molecule has 2 aromatic carbocycles. The quantitative estimate of drug-likeness (QED) is 0.684. The lowest BCUT2D eigenvalue weighted by Gasteiger charge is -2.34. The zero-order valence-corrected chi connectivity index (χ0v) is 9.41. The van der Waals surface area contributed by atoms with Crippen LogP contribution in [0.5, 0.6) is 0 Å². The van der Waals surface area contributed by atoms with Crippen molar-refractivity contribution >= 4 is 22.5 Å². The van der Waals surface area contributed by atoms with Gasteiger partial charge in [-0.25, -0.2) is 8.81 Å². The number of nitrogens with zero attached hydrogens (tertiary/aromatic N) is 1. The van der Waals surface area contributed by atoms with E-state index in [-0.39, 0.29) is 5.82 Å². The molecule has 0 spiro atoms. The van der Waals surface area contributed by atoms with Crippen molar-refractivity contribution in [1.82, 2.24) is 4.42 Å². The van der Waals surface area contributed by atoms with Crippen LogP contribution < -0.4 is 0 Å². The van der Waals surface area contributed by atoms with E-state index in [2.05, 4.69) is 6.07 Å². The molecule has 1 heterocycles. The molecule has 0 atom stereocenters.